The zero-order valence-corrected chi connectivity index (χ0v) is 22.6. The first kappa shape index (κ1) is 25.9. The van der Waals surface area contributed by atoms with Crippen LogP contribution >= 0.6 is 0 Å². The predicted octanol–water partition coefficient (Wildman–Crippen LogP) is 1.68. The van der Waals surface area contributed by atoms with Gasteiger partial charge in [-0.25, -0.2) is 13.4 Å². The van der Waals surface area contributed by atoms with Crippen molar-refractivity contribution in [1.29, 1.82) is 0 Å². The van der Waals surface area contributed by atoms with E-state index in [2.05, 4.69) is 31.9 Å². The summed E-state index contributed by atoms with van der Waals surface area (Å²) in [6.45, 7) is 6.84. The van der Waals surface area contributed by atoms with Gasteiger partial charge in [0.2, 0.25) is 10.0 Å². The van der Waals surface area contributed by atoms with Crippen molar-refractivity contribution in [2.24, 2.45) is 7.05 Å². The Morgan fingerprint density at radius 2 is 1.84 bits per heavy atom. The van der Waals surface area contributed by atoms with Gasteiger partial charge in [-0.2, -0.15) is 9.40 Å². The van der Waals surface area contributed by atoms with Crippen LogP contribution in [0, 0.1) is 0 Å². The number of methoxy groups -OCH3 is 1. The van der Waals surface area contributed by atoms with E-state index in [0.29, 0.717) is 49.5 Å². The number of fused-ring (bicyclic) bond motifs is 1. The van der Waals surface area contributed by atoms with Gasteiger partial charge in [0.05, 0.1) is 30.3 Å². The Balaban J connectivity index is 1.77. The molecule has 4 aromatic rings. The highest BCUT2D eigenvalue weighted by Gasteiger charge is 2.34. The van der Waals surface area contributed by atoms with E-state index in [-0.39, 0.29) is 27.5 Å². The number of hydrogen-bond acceptors (Lipinski definition) is 9. The third kappa shape index (κ3) is 4.36. The molecule has 0 aromatic carbocycles. The summed E-state index contributed by atoms with van der Waals surface area (Å²) in [6.07, 6.45) is 3.51. The number of hydrogen-bond donors (Lipinski definition) is 1. The molecule has 0 amide bonds. The van der Waals surface area contributed by atoms with Crippen molar-refractivity contribution in [1.82, 2.24) is 38.9 Å². The molecule has 0 bridgehead atoms. The van der Waals surface area contributed by atoms with Crippen LogP contribution in [0.3, 0.4) is 0 Å². The molecule has 1 fully saturated rings. The number of sulfonamides is 1. The molecule has 1 aliphatic rings. The van der Waals surface area contributed by atoms with Crippen molar-refractivity contribution < 1.29 is 13.2 Å². The zero-order chi connectivity index (χ0) is 27.0. The van der Waals surface area contributed by atoms with Crippen molar-refractivity contribution in [3.05, 3.63) is 46.6 Å². The minimum atomic E-state index is -3.96. The van der Waals surface area contributed by atoms with Gasteiger partial charge in [0.25, 0.3) is 5.56 Å². The van der Waals surface area contributed by atoms with Crippen LogP contribution < -0.4 is 10.3 Å². The van der Waals surface area contributed by atoms with Crippen LogP contribution in [0.4, 0.5) is 0 Å². The number of nitrogens with one attached hydrogen (secondary N) is 1. The molecule has 200 valence electrons. The second-order valence-electron chi connectivity index (χ2n) is 8.97. The van der Waals surface area contributed by atoms with Crippen molar-refractivity contribution in [3.63, 3.8) is 0 Å². The highest BCUT2D eigenvalue weighted by molar-refractivity contribution is 7.89. The highest BCUT2D eigenvalue weighted by atomic mass is 32.2. The number of aryl methyl sites for hydroxylation is 2. The summed E-state index contributed by atoms with van der Waals surface area (Å²) in [5.41, 5.74) is 2.02. The molecule has 1 N–H and O–H groups in total. The molecule has 0 aliphatic carbocycles. The minimum Gasteiger partial charge on any atom is -0.494 e. The minimum absolute atomic E-state index is 0.0445. The fourth-order valence-electron chi connectivity index (χ4n) is 4.84. The van der Waals surface area contributed by atoms with Gasteiger partial charge in [0.15, 0.2) is 11.3 Å². The molecule has 5 heterocycles. The van der Waals surface area contributed by atoms with E-state index in [1.54, 1.807) is 36.1 Å². The first-order valence-corrected chi connectivity index (χ1v) is 13.9. The Labute approximate surface area is 220 Å². The normalized spacial score (nSPS) is 15.3. The lowest BCUT2D eigenvalue weighted by atomic mass is 10.1. The average Bonchev–Trinajstić information content (AvgIpc) is 3.27. The van der Waals surface area contributed by atoms with Crippen LogP contribution in [0.2, 0.25) is 0 Å². The predicted molar refractivity (Wildman–Crippen MR) is 142 cm³/mol. The van der Waals surface area contributed by atoms with E-state index < -0.39 is 15.6 Å². The summed E-state index contributed by atoms with van der Waals surface area (Å²) in [5, 5.41) is 4.32. The largest absolute Gasteiger partial charge is 0.494 e. The average molecular weight is 539 g/mol. The van der Waals surface area contributed by atoms with Crippen LogP contribution in [-0.2, 0) is 23.5 Å². The third-order valence-electron chi connectivity index (χ3n) is 6.89. The van der Waals surface area contributed by atoms with E-state index in [9.17, 15) is 13.2 Å². The number of piperazine rings is 1. The highest BCUT2D eigenvalue weighted by Crippen LogP contribution is 2.40. The Hall–Kier alpha value is -3.68. The molecule has 0 unspecified atom stereocenters. The lowest BCUT2D eigenvalue weighted by Gasteiger charge is -2.33. The number of aromatic amines is 1. The SMILES string of the molecule is CCc1c2nc(-c3c(-c4ccccn4)ncc(S(=O)(=O)N4CCN(CC)CC4)c3OC)[nH]c(=O)c2nn1C. The van der Waals surface area contributed by atoms with Gasteiger partial charge in [-0.3, -0.25) is 19.4 Å². The van der Waals surface area contributed by atoms with Gasteiger partial charge in [0, 0.05) is 39.4 Å². The van der Waals surface area contributed by atoms with Gasteiger partial charge in [-0.1, -0.05) is 19.9 Å². The molecule has 13 heteroatoms. The second kappa shape index (κ2) is 10.2. The number of rotatable bonds is 7. The summed E-state index contributed by atoms with van der Waals surface area (Å²) in [4.78, 5) is 31.7. The summed E-state index contributed by atoms with van der Waals surface area (Å²) >= 11 is 0. The quantitative estimate of drug-likeness (QED) is 0.372. The fraction of sp³-hybridized carbons (Fsp3) is 0.400. The van der Waals surface area contributed by atoms with Crippen LogP contribution in [-0.4, -0.2) is 87.2 Å². The van der Waals surface area contributed by atoms with E-state index in [1.165, 1.54) is 17.6 Å². The molecular formula is C25H30N8O4S. The van der Waals surface area contributed by atoms with Crippen LogP contribution in [0.5, 0.6) is 5.75 Å². The second-order valence-corrected chi connectivity index (χ2v) is 10.9. The fourth-order valence-corrected chi connectivity index (χ4v) is 6.37. The maximum atomic E-state index is 13.8. The topological polar surface area (TPSA) is 139 Å². The van der Waals surface area contributed by atoms with Gasteiger partial charge in [-0.05, 0) is 25.1 Å². The van der Waals surface area contributed by atoms with Crippen molar-refractivity contribution >= 4 is 21.1 Å². The third-order valence-corrected chi connectivity index (χ3v) is 8.78. The molecule has 38 heavy (non-hydrogen) atoms. The maximum Gasteiger partial charge on any atom is 0.279 e. The number of pyridine rings is 2. The molecule has 5 rings (SSSR count). The van der Waals surface area contributed by atoms with E-state index >= 15 is 0 Å². The molecule has 12 nitrogen and oxygen atoms in total. The number of nitrogens with zero attached hydrogens (tertiary/aromatic N) is 7. The van der Waals surface area contributed by atoms with Crippen molar-refractivity contribution in [2.75, 3.05) is 39.8 Å². The van der Waals surface area contributed by atoms with E-state index in [4.69, 9.17) is 9.72 Å². The summed E-state index contributed by atoms with van der Waals surface area (Å²) in [6, 6.07) is 5.32. The maximum absolute atomic E-state index is 13.8. The number of ether oxygens (including phenoxy) is 1. The molecule has 0 saturated carbocycles. The first-order chi connectivity index (χ1) is 18.3. The van der Waals surface area contributed by atoms with Gasteiger partial charge in [-0.15, -0.1) is 0 Å². The summed E-state index contributed by atoms with van der Waals surface area (Å²) in [7, 11) is -0.812. The number of aromatic nitrogens is 6. The van der Waals surface area contributed by atoms with Crippen molar-refractivity contribution in [2.45, 2.75) is 25.2 Å². The molecule has 1 saturated heterocycles. The lowest BCUT2D eigenvalue weighted by Crippen LogP contribution is -2.48. The van der Waals surface area contributed by atoms with Crippen LogP contribution in [0.25, 0.3) is 33.8 Å². The molecular weight excluding hydrogens is 508 g/mol. The standard InChI is InChI=1S/C25H30N8O4S/c1-5-17-21-22(30-31(17)3)25(34)29-24(28-21)19-20(16-9-7-8-10-26-16)27-15-18(23(19)37-4)38(35,36)33-13-11-32(6-2)12-14-33/h7-10,15H,5-6,11-14H2,1-4H3,(H,28,29,34). The van der Waals surface area contributed by atoms with Gasteiger partial charge in [0.1, 0.15) is 21.9 Å². The molecule has 0 spiro atoms. The first-order valence-electron chi connectivity index (χ1n) is 12.5. The van der Waals surface area contributed by atoms with Gasteiger partial charge < -0.3 is 14.6 Å². The number of H-pyrrole nitrogens is 1. The smallest absolute Gasteiger partial charge is 0.279 e. The van der Waals surface area contributed by atoms with E-state index in [0.717, 1.165) is 12.2 Å². The Bertz CT molecular complexity index is 1640. The zero-order valence-electron chi connectivity index (χ0n) is 21.8. The van der Waals surface area contributed by atoms with Gasteiger partial charge >= 0.3 is 0 Å². The summed E-state index contributed by atoms with van der Waals surface area (Å²) < 4.78 is 36.5. The van der Waals surface area contributed by atoms with Crippen molar-refractivity contribution in [3.8, 4) is 28.5 Å². The summed E-state index contributed by atoms with van der Waals surface area (Å²) in [5.74, 6) is 0.172. The van der Waals surface area contributed by atoms with Crippen LogP contribution in [0.1, 0.15) is 19.5 Å². The van der Waals surface area contributed by atoms with Crippen LogP contribution in [0.15, 0.2) is 40.3 Å². The molecule has 0 radical (unpaired) electrons. The molecule has 4 aromatic heterocycles. The lowest BCUT2D eigenvalue weighted by molar-refractivity contribution is 0.196. The number of likely N-dealkylation sites (N-methyl/N-ethyl adjacent to an activating group) is 1. The van der Waals surface area contributed by atoms with E-state index in [1.807, 2.05) is 6.92 Å². The molecule has 0 atom stereocenters. The molecule has 1 aliphatic heterocycles. The Morgan fingerprint density at radius 3 is 2.47 bits per heavy atom. The Morgan fingerprint density at radius 1 is 1.08 bits per heavy atom. The monoisotopic (exact) mass is 538 g/mol. The Kier molecular flexibility index (Phi) is 6.99.